The van der Waals surface area contributed by atoms with Crippen LogP contribution in [0.3, 0.4) is 0 Å². The van der Waals surface area contributed by atoms with Crippen molar-refractivity contribution < 1.29 is 21.7 Å². The molecule has 1 aliphatic rings. The number of hydrogen-bond donors (Lipinski definition) is 0. The van der Waals surface area contributed by atoms with E-state index in [0.29, 0.717) is 11.8 Å². The summed E-state index contributed by atoms with van der Waals surface area (Å²) in [6.07, 6.45) is 8.59. The Labute approximate surface area is 150 Å². The Bertz CT molecular complexity index is 328. The van der Waals surface area contributed by atoms with Crippen LogP contribution >= 0.6 is 0 Å². The number of hydrogen-bond acceptors (Lipinski definition) is 1. The minimum absolute atomic E-state index is 0. The van der Waals surface area contributed by atoms with E-state index in [1.165, 1.54) is 31.3 Å². The van der Waals surface area contributed by atoms with E-state index in [-0.39, 0.29) is 36.6 Å². The van der Waals surface area contributed by atoms with Crippen LogP contribution in [0.2, 0.25) is 0 Å². The molecule has 1 radical (unpaired) electrons. The molecule has 121 valence electrons. The van der Waals surface area contributed by atoms with Gasteiger partial charge in [0.05, 0.1) is 0 Å². The van der Waals surface area contributed by atoms with Crippen molar-refractivity contribution in [2.45, 2.75) is 53.4 Å². The zero-order chi connectivity index (χ0) is 13.7. The molecule has 1 aliphatic carbocycles. The van der Waals surface area contributed by atoms with Gasteiger partial charge in [-0.05, 0) is 26.6 Å². The second kappa shape index (κ2) is 12.7. The SMILES string of the molecule is CCC(C)C1=[C-]C(C(C)CC)=C(CCN(C)C)C1.[CH3-].[CH3-].[Ti+3]. The molecule has 1 rings (SSSR count). The summed E-state index contributed by atoms with van der Waals surface area (Å²) in [7, 11) is 4.32. The van der Waals surface area contributed by atoms with Crippen molar-refractivity contribution in [1.29, 1.82) is 0 Å². The van der Waals surface area contributed by atoms with Gasteiger partial charge < -0.3 is 19.8 Å². The maximum atomic E-state index is 3.74. The number of allylic oxidation sites excluding steroid dienone is 3. The quantitative estimate of drug-likeness (QED) is 0.450. The van der Waals surface area contributed by atoms with E-state index < -0.39 is 0 Å². The molecule has 0 fully saturated rings. The fourth-order valence-electron chi connectivity index (χ4n) is 2.43. The molecule has 0 aromatic carbocycles. The molecule has 0 saturated carbocycles. The topological polar surface area (TPSA) is 3.24 Å². The molecule has 0 aliphatic heterocycles. The molecular formula is C19H36NTi. The summed E-state index contributed by atoms with van der Waals surface area (Å²) < 4.78 is 0. The minimum atomic E-state index is 0. The molecule has 0 aromatic heterocycles. The van der Waals surface area contributed by atoms with Gasteiger partial charge in [0.15, 0.2) is 0 Å². The summed E-state index contributed by atoms with van der Waals surface area (Å²) in [5, 5.41) is 0. The Morgan fingerprint density at radius 3 is 2.00 bits per heavy atom. The van der Waals surface area contributed by atoms with E-state index in [2.05, 4.69) is 52.8 Å². The van der Waals surface area contributed by atoms with Gasteiger partial charge in [-0.3, -0.25) is 0 Å². The van der Waals surface area contributed by atoms with Gasteiger partial charge in [-0.2, -0.15) is 5.57 Å². The van der Waals surface area contributed by atoms with Crippen molar-refractivity contribution in [3.63, 3.8) is 0 Å². The minimum Gasteiger partial charge on any atom is -0.358 e. The Balaban J connectivity index is -0.00000108. The Morgan fingerprint density at radius 2 is 1.57 bits per heavy atom. The first-order valence-corrected chi connectivity index (χ1v) is 7.48. The van der Waals surface area contributed by atoms with Gasteiger partial charge in [0.2, 0.25) is 0 Å². The van der Waals surface area contributed by atoms with Crippen molar-refractivity contribution >= 4 is 0 Å². The molecule has 0 bridgehead atoms. The van der Waals surface area contributed by atoms with Crippen LogP contribution in [0.5, 0.6) is 0 Å². The predicted molar refractivity (Wildman–Crippen MR) is 93.3 cm³/mol. The van der Waals surface area contributed by atoms with Gasteiger partial charge >= 0.3 is 21.7 Å². The summed E-state index contributed by atoms with van der Waals surface area (Å²) in [6.45, 7) is 10.4. The molecular weight excluding hydrogens is 290 g/mol. The van der Waals surface area contributed by atoms with E-state index in [9.17, 15) is 0 Å². The normalized spacial score (nSPS) is 16.6. The number of rotatable bonds is 7. The summed E-state index contributed by atoms with van der Waals surface area (Å²) >= 11 is 0. The van der Waals surface area contributed by atoms with Gasteiger partial charge in [0.25, 0.3) is 0 Å². The van der Waals surface area contributed by atoms with E-state index in [0.717, 1.165) is 6.54 Å². The summed E-state index contributed by atoms with van der Waals surface area (Å²) in [5.74, 6) is 1.37. The third kappa shape index (κ3) is 7.81. The van der Waals surface area contributed by atoms with Crippen molar-refractivity contribution in [3.8, 4) is 0 Å². The Kier molecular flexibility index (Phi) is 15.7. The zero-order valence-corrected chi connectivity index (χ0v) is 17.2. The van der Waals surface area contributed by atoms with Crippen LogP contribution in [-0.2, 0) is 21.7 Å². The van der Waals surface area contributed by atoms with Crippen molar-refractivity contribution in [3.05, 3.63) is 37.6 Å². The molecule has 0 aromatic rings. The van der Waals surface area contributed by atoms with Crippen molar-refractivity contribution in [2.75, 3.05) is 20.6 Å². The molecule has 0 saturated heterocycles. The van der Waals surface area contributed by atoms with E-state index in [4.69, 9.17) is 0 Å². The smallest absolute Gasteiger partial charge is 0.358 e. The average Bonchev–Trinajstić information content (AvgIpc) is 2.78. The second-order valence-electron chi connectivity index (χ2n) is 6.02. The standard InChI is InChI=1S/C17H30N.2CH3.Ti/c1-7-13(3)16-11-15(9-10-18(5)6)17(12-16)14(4)8-2;;;/h13-14H,7-11H2,1-6H3;2*1H3;/q3*-1;+3. The zero-order valence-electron chi connectivity index (χ0n) is 15.6. The third-order valence-corrected chi connectivity index (χ3v) is 4.25. The van der Waals surface area contributed by atoms with Crippen LogP contribution in [0.25, 0.3) is 0 Å². The molecule has 2 unspecified atom stereocenters. The van der Waals surface area contributed by atoms with E-state index >= 15 is 0 Å². The fourth-order valence-corrected chi connectivity index (χ4v) is 2.43. The third-order valence-electron chi connectivity index (χ3n) is 4.25. The molecule has 0 spiro atoms. The van der Waals surface area contributed by atoms with Crippen molar-refractivity contribution in [1.82, 2.24) is 4.90 Å². The van der Waals surface area contributed by atoms with Crippen LogP contribution < -0.4 is 0 Å². The molecule has 1 nitrogen and oxygen atoms in total. The van der Waals surface area contributed by atoms with Gasteiger partial charge in [0, 0.05) is 0 Å². The molecule has 0 heterocycles. The summed E-state index contributed by atoms with van der Waals surface area (Å²) in [4.78, 5) is 2.28. The van der Waals surface area contributed by atoms with Crippen LogP contribution in [0.4, 0.5) is 0 Å². The first-order chi connectivity index (χ1) is 8.49. The van der Waals surface area contributed by atoms with E-state index in [1.807, 2.05) is 0 Å². The maximum absolute atomic E-state index is 3.74. The summed E-state index contributed by atoms with van der Waals surface area (Å²) in [5.41, 5.74) is 4.71. The van der Waals surface area contributed by atoms with Crippen LogP contribution in [0.1, 0.15) is 53.4 Å². The molecule has 2 heteroatoms. The Morgan fingerprint density at radius 1 is 1.05 bits per heavy atom. The van der Waals surface area contributed by atoms with Crippen LogP contribution in [0.15, 0.2) is 16.7 Å². The largest absolute Gasteiger partial charge is 3.00 e. The fraction of sp³-hybridized carbons (Fsp3) is 0.684. The molecule has 21 heavy (non-hydrogen) atoms. The molecule has 2 atom stereocenters. The van der Waals surface area contributed by atoms with E-state index in [1.54, 1.807) is 11.1 Å². The van der Waals surface area contributed by atoms with Gasteiger partial charge in [-0.1, -0.05) is 59.3 Å². The van der Waals surface area contributed by atoms with Gasteiger partial charge in [0.1, 0.15) is 0 Å². The van der Waals surface area contributed by atoms with Gasteiger partial charge in [-0.25, -0.2) is 17.2 Å². The first kappa shape index (κ1) is 26.1. The molecule has 0 N–H and O–H groups in total. The monoisotopic (exact) mass is 326 g/mol. The molecule has 0 amide bonds. The van der Waals surface area contributed by atoms with Crippen molar-refractivity contribution in [2.24, 2.45) is 11.8 Å². The Hall–Kier alpha value is 0.154. The maximum Gasteiger partial charge on any atom is 3.00 e. The summed E-state index contributed by atoms with van der Waals surface area (Å²) in [6, 6.07) is 0. The van der Waals surface area contributed by atoms with Crippen LogP contribution in [-0.4, -0.2) is 25.5 Å². The number of nitrogens with zero attached hydrogens (tertiary/aromatic N) is 1. The first-order valence-electron chi connectivity index (χ1n) is 7.48. The van der Waals surface area contributed by atoms with Crippen LogP contribution in [0, 0.1) is 32.8 Å². The average molecular weight is 326 g/mol. The second-order valence-corrected chi connectivity index (χ2v) is 6.02. The van der Waals surface area contributed by atoms with Gasteiger partial charge in [-0.15, -0.1) is 0 Å². The predicted octanol–water partition coefficient (Wildman–Crippen LogP) is 5.36.